The molecule has 0 saturated carbocycles. The number of carbonyl (C=O) groups excluding carboxylic acids is 2. The molecule has 1 N–H and O–H groups in total. The van der Waals surface area contributed by atoms with Gasteiger partial charge in [0, 0.05) is 24.5 Å². The number of nitrogens with zero attached hydrogens (tertiary/aromatic N) is 1. The number of aromatic nitrogens is 2. The number of H-pyrrole nitrogens is 1. The standard InChI is InChI=1S/C16H18N2O3/c1-5-6-12-10(2)11(9-17-12)15(19)13-7-8-14(18(13)3)16(20)21-4/h5-9,17H,1-4H3/b6-5-. The second-order valence-corrected chi connectivity index (χ2v) is 4.72. The third kappa shape index (κ3) is 2.54. The molecule has 0 amide bonds. The summed E-state index contributed by atoms with van der Waals surface area (Å²) in [5, 5.41) is 0. The highest BCUT2D eigenvalue weighted by molar-refractivity contribution is 6.10. The van der Waals surface area contributed by atoms with Crippen molar-refractivity contribution in [1.82, 2.24) is 9.55 Å². The Kier molecular flexibility index (Phi) is 4.12. The van der Waals surface area contributed by atoms with Crippen molar-refractivity contribution < 1.29 is 14.3 Å². The number of ketones is 1. The van der Waals surface area contributed by atoms with Crippen LogP contribution in [0.25, 0.3) is 6.08 Å². The van der Waals surface area contributed by atoms with E-state index in [1.807, 2.05) is 26.0 Å². The van der Waals surface area contributed by atoms with Gasteiger partial charge in [-0.2, -0.15) is 0 Å². The second-order valence-electron chi connectivity index (χ2n) is 4.72. The Labute approximate surface area is 123 Å². The van der Waals surface area contributed by atoms with Crippen LogP contribution >= 0.6 is 0 Å². The minimum Gasteiger partial charge on any atom is -0.464 e. The number of nitrogens with one attached hydrogen (secondary N) is 1. The van der Waals surface area contributed by atoms with Gasteiger partial charge in [0.15, 0.2) is 0 Å². The zero-order chi connectivity index (χ0) is 15.6. The molecule has 0 spiro atoms. The van der Waals surface area contributed by atoms with E-state index in [9.17, 15) is 9.59 Å². The Morgan fingerprint density at radius 1 is 1.29 bits per heavy atom. The molecule has 0 atom stereocenters. The van der Waals surface area contributed by atoms with Crippen molar-refractivity contribution in [1.29, 1.82) is 0 Å². The topological polar surface area (TPSA) is 64.1 Å². The molecule has 0 fully saturated rings. The van der Waals surface area contributed by atoms with Crippen LogP contribution in [0, 0.1) is 6.92 Å². The lowest BCUT2D eigenvalue weighted by Crippen LogP contribution is -2.13. The first-order valence-corrected chi connectivity index (χ1v) is 6.60. The van der Waals surface area contributed by atoms with Gasteiger partial charge in [-0.05, 0) is 37.6 Å². The van der Waals surface area contributed by atoms with E-state index in [1.165, 1.54) is 7.11 Å². The van der Waals surface area contributed by atoms with Gasteiger partial charge >= 0.3 is 5.97 Å². The summed E-state index contributed by atoms with van der Waals surface area (Å²) in [4.78, 5) is 27.3. The molecule has 0 unspecified atom stereocenters. The molecule has 0 aliphatic carbocycles. The van der Waals surface area contributed by atoms with Crippen LogP contribution in [0.2, 0.25) is 0 Å². The van der Waals surface area contributed by atoms with E-state index in [-0.39, 0.29) is 5.78 Å². The summed E-state index contributed by atoms with van der Waals surface area (Å²) in [6.07, 6.45) is 5.51. The highest BCUT2D eigenvalue weighted by atomic mass is 16.5. The van der Waals surface area contributed by atoms with Crippen LogP contribution in [-0.4, -0.2) is 28.4 Å². The van der Waals surface area contributed by atoms with Gasteiger partial charge in [-0.15, -0.1) is 0 Å². The van der Waals surface area contributed by atoms with Gasteiger partial charge in [0.25, 0.3) is 0 Å². The van der Waals surface area contributed by atoms with Crippen LogP contribution in [0.3, 0.4) is 0 Å². The van der Waals surface area contributed by atoms with Gasteiger partial charge in [0.1, 0.15) is 5.69 Å². The second kappa shape index (κ2) is 5.83. The molecule has 0 aliphatic heterocycles. The van der Waals surface area contributed by atoms with Crippen LogP contribution < -0.4 is 0 Å². The van der Waals surface area contributed by atoms with Gasteiger partial charge in [-0.3, -0.25) is 4.79 Å². The maximum atomic E-state index is 12.6. The van der Waals surface area contributed by atoms with E-state index >= 15 is 0 Å². The number of aromatic amines is 1. The van der Waals surface area contributed by atoms with Crippen molar-refractivity contribution in [3.05, 3.63) is 52.6 Å². The molecule has 5 heteroatoms. The molecule has 0 bridgehead atoms. The summed E-state index contributed by atoms with van der Waals surface area (Å²) in [5.41, 5.74) is 3.19. The van der Waals surface area contributed by atoms with Gasteiger partial charge in [0.05, 0.1) is 12.8 Å². The normalized spacial score (nSPS) is 11.0. The van der Waals surface area contributed by atoms with Gasteiger partial charge < -0.3 is 14.3 Å². The SMILES string of the molecule is C/C=C\c1[nH]cc(C(=O)c2ccc(C(=O)OC)n2C)c1C. The van der Waals surface area contributed by atoms with Gasteiger partial charge in [0.2, 0.25) is 5.78 Å². The van der Waals surface area contributed by atoms with E-state index < -0.39 is 5.97 Å². The Hall–Kier alpha value is -2.56. The zero-order valence-electron chi connectivity index (χ0n) is 12.6. The number of ether oxygens (including phenoxy) is 1. The molecular weight excluding hydrogens is 268 g/mol. The molecule has 0 aromatic carbocycles. The summed E-state index contributed by atoms with van der Waals surface area (Å²) in [6.45, 7) is 3.81. The molecule has 2 heterocycles. The lowest BCUT2D eigenvalue weighted by atomic mass is 10.1. The van der Waals surface area contributed by atoms with Crippen molar-refractivity contribution in [2.45, 2.75) is 13.8 Å². The third-order valence-corrected chi connectivity index (χ3v) is 3.51. The van der Waals surface area contributed by atoms with E-state index in [2.05, 4.69) is 9.72 Å². The van der Waals surface area contributed by atoms with Crippen molar-refractivity contribution in [3.63, 3.8) is 0 Å². The molecule has 0 saturated heterocycles. The van der Waals surface area contributed by atoms with E-state index in [4.69, 9.17) is 0 Å². The van der Waals surface area contributed by atoms with Crippen LogP contribution in [0.5, 0.6) is 0 Å². The van der Waals surface area contributed by atoms with Crippen LogP contribution in [0.4, 0.5) is 0 Å². The molecule has 21 heavy (non-hydrogen) atoms. The monoisotopic (exact) mass is 286 g/mol. The van der Waals surface area contributed by atoms with Crippen molar-refractivity contribution in [3.8, 4) is 0 Å². The molecular formula is C16H18N2O3. The third-order valence-electron chi connectivity index (χ3n) is 3.51. The summed E-state index contributed by atoms with van der Waals surface area (Å²) in [6, 6.07) is 3.23. The summed E-state index contributed by atoms with van der Waals surface area (Å²) >= 11 is 0. The zero-order valence-corrected chi connectivity index (χ0v) is 12.6. The molecule has 0 aliphatic rings. The van der Waals surface area contributed by atoms with Crippen LogP contribution in [-0.2, 0) is 11.8 Å². The Morgan fingerprint density at radius 2 is 1.95 bits per heavy atom. The molecule has 5 nitrogen and oxygen atoms in total. The lowest BCUT2D eigenvalue weighted by molar-refractivity contribution is 0.0590. The molecule has 0 radical (unpaired) electrons. The van der Waals surface area contributed by atoms with Gasteiger partial charge in [-0.1, -0.05) is 6.08 Å². The largest absolute Gasteiger partial charge is 0.464 e. The fourth-order valence-electron chi connectivity index (χ4n) is 2.27. The fourth-order valence-corrected chi connectivity index (χ4v) is 2.27. The molecule has 2 aromatic heterocycles. The Balaban J connectivity index is 2.42. The number of hydrogen-bond acceptors (Lipinski definition) is 3. The number of methoxy groups -OCH3 is 1. The summed E-state index contributed by atoms with van der Waals surface area (Å²) in [5.74, 6) is -0.589. The Bertz CT molecular complexity index is 720. The smallest absolute Gasteiger partial charge is 0.354 e. The molecule has 2 aromatic rings. The average molecular weight is 286 g/mol. The summed E-state index contributed by atoms with van der Waals surface area (Å²) in [7, 11) is 2.99. The lowest BCUT2D eigenvalue weighted by Gasteiger charge is -2.05. The van der Waals surface area contributed by atoms with E-state index in [1.54, 1.807) is 29.9 Å². The van der Waals surface area contributed by atoms with Crippen molar-refractivity contribution >= 4 is 17.8 Å². The summed E-state index contributed by atoms with van der Waals surface area (Å²) < 4.78 is 6.24. The highest BCUT2D eigenvalue weighted by Crippen LogP contribution is 2.20. The number of allylic oxidation sites excluding steroid dienone is 1. The maximum absolute atomic E-state index is 12.6. The number of carbonyl (C=O) groups is 2. The van der Waals surface area contributed by atoms with Crippen LogP contribution in [0.15, 0.2) is 24.4 Å². The first kappa shape index (κ1) is 14.8. The Morgan fingerprint density at radius 3 is 2.57 bits per heavy atom. The molecule has 2 rings (SSSR count). The average Bonchev–Trinajstić information content (AvgIpc) is 3.02. The maximum Gasteiger partial charge on any atom is 0.354 e. The molecule has 110 valence electrons. The van der Waals surface area contributed by atoms with E-state index in [0.29, 0.717) is 17.0 Å². The first-order chi connectivity index (χ1) is 10.0. The number of hydrogen-bond donors (Lipinski definition) is 1. The quantitative estimate of drug-likeness (QED) is 0.694. The minimum atomic E-state index is -0.461. The predicted molar refractivity (Wildman–Crippen MR) is 80.4 cm³/mol. The fraction of sp³-hybridized carbons (Fsp3) is 0.250. The van der Waals surface area contributed by atoms with Crippen molar-refractivity contribution in [2.24, 2.45) is 7.05 Å². The minimum absolute atomic E-state index is 0.128. The van der Waals surface area contributed by atoms with Crippen LogP contribution in [0.1, 0.15) is 44.7 Å². The predicted octanol–water partition coefficient (Wildman–Crippen LogP) is 2.71. The van der Waals surface area contributed by atoms with Crippen molar-refractivity contribution in [2.75, 3.05) is 7.11 Å². The number of rotatable bonds is 4. The number of esters is 1. The van der Waals surface area contributed by atoms with Gasteiger partial charge in [-0.25, -0.2) is 4.79 Å². The highest BCUT2D eigenvalue weighted by Gasteiger charge is 2.21. The first-order valence-electron chi connectivity index (χ1n) is 6.60. The van der Waals surface area contributed by atoms with E-state index in [0.717, 1.165) is 11.3 Å².